The summed E-state index contributed by atoms with van der Waals surface area (Å²) in [6.07, 6.45) is 0. The maximum Gasteiger partial charge on any atom is 0.158 e. The van der Waals surface area contributed by atoms with Gasteiger partial charge in [0.25, 0.3) is 0 Å². The second-order valence-electron chi connectivity index (χ2n) is 3.59. The van der Waals surface area contributed by atoms with Gasteiger partial charge in [0.1, 0.15) is 0 Å². The minimum atomic E-state index is 0.150. The lowest BCUT2D eigenvalue weighted by molar-refractivity contribution is 0.317. The summed E-state index contributed by atoms with van der Waals surface area (Å²) in [5.74, 6) is 0.150. The van der Waals surface area contributed by atoms with E-state index in [-0.39, 0.29) is 5.84 Å². The maximum atomic E-state index is 8.49. The van der Waals surface area contributed by atoms with Gasteiger partial charge in [0.2, 0.25) is 0 Å². The van der Waals surface area contributed by atoms with Gasteiger partial charge < -0.3 is 16.3 Å². The summed E-state index contributed by atoms with van der Waals surface area (Å²) in [5, 5.41) is 16.8. The van der Waals surface area contributed by atoms with Gasteiger partial charge >= 0.3 is 0 Å². The highest BCUT2D eigenvalue weighted by Gasteiger charge is 2.03. The molecule has 0 heterocycles. The molecule has 0 spiro atoms. The van der Waals surface area contributed by atoms with Crippen LogP contribution in [0.25, 0.3) is 10.8 Å². The summed E-state index contributed by atoms with van der Waals surface area (Å²) in [4.78, 5) is 0. The second-order valence-corrected chi connectivity index (χ2v) is 4.44. The van der Waals surface area contributed by atoms with Crippen molar-refractivity contribution in [3.05, 3.63) is 40.9 Å². The van der Waals surface area contributed by atoms with Crippen LogP contribution in [0.2, 0.25) is 0 Å². The van der Waals surface area contributed by atoms with Gasteiger partial charge in [-0.1, -0.05) is 45.4 Å². The molecule has 0 bridgehead atoms. The molecule has 0 aliphatic heterocycles. The molecule has 2 rings (SSSR count). The molecule has 0 atom stereocenters. The Kier molecular flexibility index (Phi) is 3.49. The van der Waals surface area contributed by atoms with E-state index < -0.39 is 0 Å². The van der Waals surface area contributed by atoms with Crippen molar-refractivity contribution in [3.63, 3.8) is 0 Å². The summed E-state index contributed by atoms with van der Waals surface area (Å²) in [6.45, 7) is 0.308. The quantitative estimate of drug-likeness (QED) is 0.353. The number of fused-ring (bicyclic) bond motifs is 1. The molecule has 2 aromatic rings. The van der Waals surface area contributed by atoms with Gasteiger partial charge in [-0.3, -0.25) is 0 Å². The number of rotatable bonds is 3. The predicted octanol–water partition coefficient (Wildman–Crippen LogP) is 2.76. The van der Waals surface area contributed by atoms with Gasteiger partial charge in [-0.05, 0) is 17.5 Å². The molecule has 17 heavy (non-hydrogen) atoms. The number of benzene rings is 2. The molecular weight excluding hydrogens is 282 g/mol. The van der Waals surface area contributed by atoms with E-state index in [1.807, 2.05) is 36.4 Å². The monoisotopic (exact) mass is 293 g/mol. The second kappa shape index (κ2) is 5.05. The minimum Gasteiger partial charge on any atom is -0.409 e. The zero-order valence-electron chi connectivity index (χ0n) is 9.02. The molecule has 4 N–H and O–H groups in total. The van der Waals surface area contributed by atoms with Gasteiger partial charge in [0.15, 0.2) is 5.84 Å². The molecule has 0 aromatic heterocycles. The van der Waals surface area contributed by atoms with Crippen LogP contribution >= 0.6 is 15.9 Å². The third-order valence-corrected chi connectivity index (χ3v) is 3.15. The van der Waals surface area contributed by atoms with Crippen LogP contribution in [0.1, 0.15) is 0 Å². The van der Waals surface area contributed by atoms with E-state index in [0.29, 0.717) is 6.54 Å². The van der Waals surface area contributed by atoms with E-state index in [2.05, 4.69) is 26.4 Å². The fourth-order valence-electron chi connectivity index (χ4n) is 1.64. The highest BCUT2D eigenvalue weighted by atomic mass is 79.9. The first-order chi connectivity index (χ1) is 8.22. The van der Waals surface area contributed by atoms with Crippen LogP contribution in [0.15, 0.2) is 46.0 Å². The van der Waals surface area contributed by atoms with E-state index >= 15 is 0 Å². The average molecular weight is 294 g/mol. The molecule has 5 heteroatoms. The van der Waals surface area contributed by atoms with Crippen molar-refractivity contribution < 1.29 is 5.21 Å². The number of hydrogen-bond donors (Lipinski definition) is 3. The summed E-state index contributed by atoms with van der Waals surface area (Å²) in [5.41, 5.74) is 6.38. The Balaban J connectivity index is 2.38. The highest BCUT2D eigenvalue weighted by Crippen LogP contribution is 2.29. The Morgan fingerprint density at radius 2 is 1.94 bits per heavy atom. The van der Waals surface area contributed by atoms with Crippen LogP contribution < -0.4 is 11.1 Å². The smallest absolute Gasteiger partial charge is 0.158 e. The third kappa shape index (κ3) is 2.50. The van der Waals surface area contributed by atoms with Gasteiger partial charge in [-0.2, -0.15) is 0 Å². The van der Waals surface area contributed by atoms with Crippen LogP contribution in [0.3, 0.4) is 0 Å². The first kappa shape index (κ1) is 11.7. The average Bonchev–Trinajstić information content (AvgIpc) is 2.38. The highest BCUT2D eigenvalue weighted by molar-refractivity contribution is 9.10. The number of anilines is 1. The van der Waals surface area contributed by atoms with Crippen molar-refractivity contribution in [1.29, 1.82) is 0 Å². The summed E-state index contributed by atoms with van der Waals surface area (Å²) in [6, 6.07) is 11.9. The first-order valence-corrected chi connectivity index (χ1v) is 5.89. The van der Waals surface area contributed by atoms with E-state index in [4.69, 9.17) is 10.9 Å². The standard InChI is InChI=1S/C12H12BrN3O/c13-10-5-6-11(15-7-12(14)16-17)9-4-2-1-3-8(9)10/h1-6,15,17H,7H2,(H2,14,16). The van der Waals surface area contributed by atoms with Crippen LogP contribution in [-0.2, 0) is 0 Å². The normalized spacial score (nSPS) is 11.7. The molecule has 0 radical (unpaired) electrons. The number of amidine groups is 1. The predicted molar refractivity (Wildman–Crippen MR) is 73.5 cm³/mol. The maximum absolute atomic E-state index is 8.49. The fraction of sp³-hybridized carbons (Fsp3) is 0.0833. The molecule has 0 amide bonds. The summed E-state index contributed by atoms with van der Waals surface area (Å²) in [7, 11) is 0. The number of halogens is 1. The molecule has 4 nitrogen and oxygen atoms in total. The van der Waals surface area contributed by atoms with Crippen LogP contribution in [0.5, 0.6) is 0 Å². The van der Waals surface area contributed by atoms with Gasteiger partial charge in [-0.15, -0.1) is 0 Å². The number of nitrogens with two attached hydrogens (primary N) is 1. The summed E-state index contributed by atoms with van der Waals surface area (Å²) >= 11 is 3.51. The molecule has 0 aliphatic rings. The third-order valence-electron chi connectivity index (χ3n) is 2.46. The van der Waals surface area contributed by atoms with Crippen molar-refractivity contribution in [2.24, 2.45) is 10.9 Å². The first-order valence-electron chi connectivity index (χ1n) is 5.10. The van der Waals surface area contributed by atoms with Crippen LogP contribution in [0, 0.1) is 0 Å². The lowest BCUT2D eigenvalue weighted by Crippen LogP contribution is -2.22. The van der Waals surface area contributed by atoms with Crippen LogP contribution in [-0.4, -0.2) is 17.6 Å². The van der Waals surface area contributed by atoms with Crippen molar-refractivity contribution in [2.45, 2.75) is 0 Å². The number of nitrogens with one attached hydrogen (secondary N) is 1. The zero-order valence-corrected chi connectivity index (χ0v) is 10.6. The molecule has 0 saturated heterocycles. The Morgan fingerprint density at radius 1 is 1.24 bits per heavy atom. The van der Waals surface area contributed by atoms with Gasteiger partial charge in [0, 0.05) is 15.5 Å². The molecule has 0 saturated carbocycles. The van der Waals surface area contributed by atoms with Gasteiger partial charge in [-0.25, -0.2) is 0 Å². The molecule has 88 valence electrons. The van der Waals surface area contributed by atoms with E-state index in [1.54, 1.807) is 0 Å². The lowest BCUT2D eigenvalue weighted by Gasteiger charge is -2.10. The SMILES string of the molecule is N/C(CNc1ccc(Br)c2ccccc12)=N/O. The van der Waals surface area contributed by atoms with E-state index in [1.165, 1.54) is 0 Å². The number of nitrogens with zero attached hydrogens (tertiary/aromatic N) is 1. The Bertz CT molecular complexity index is 569. The molecule has 2 aromatic carbocycles. The Morgan fingerprint density at radius 3 is 2.65 bits per heavy atom. The largest absolute Gasteiger partial charge is 0.409 e. The topological polar surface area (TPSA) is 70.6 Å². The van der Waals surface area contributed by atoms with E-state index in [0.717, 1.165) is 20.9 Å². The number of oxime groups is 1. The Labute approximate surface area is 107 Å². The van der Waals surface area contributed by atoms with Crippen molar-refractivity contribution >= 4 is 38.2 Å². The van der Waals surface area contributed by atoms with Crippen molar-refractivity contribution in [1.82, 2.24) is 0 Å². The summed E-state index contributed by atoms with van der Waals surface area (Å²) < 4.78 is 1.04. The van der Waals surface area contributed by atoms with Gasteiger partial charge in [0.05, 0.1) is 6.54 Å². The molecule has 0 fully saturated rings. The zero-order chi connectivity index (χ0) is 12.3. The van der Waals surface area contributed by atoms with E-state index in [9.17, 15) is 0 Å². The van der Waals surface area contributed by atoms with Crippen molar-refractivity contribution in [2.75, 3.05) is 11.9 Å². The molecular formula is C12H12BrN3O. The minimum absolute atomic E-state index is 0.150. The molecule has 0 unspecified atom stereocenters. The van der Waals surface area contributed by atoms with Crippen LogP contribution in [0.4, 0.5) is 5.69 Å². The number of hydrogen-bond acceptors (Lipinski definition) is 3. The molecule has 0 aliphatic carbocycles. The lowest BCUT2D eigenvalue weighted by atomic mass is 10.1. The van der Waals surface area contributed by atoms with Crippen molar-refractivity contribution in [3.8, 4) is 0 Å². The fourth-order valence-corrected chi connectivity index (χ4v) is 2.12. The Hall–Kier alpha value is -1.75.